The van der Waals surface area contributed by atoms with Gasteiger partial charge in [-0.25, -0.2) is 0 Å². The molecule has 0 bridgehead atoms. The summed E-state index contributed by atoms with van der Waals surface area (Å²) in [6, 6.07) is 0.795. The molecule has 1 aliphatic carbocycles. The van der Waals surface area contributed by atoms with Gasteiger partial charge in [0.15, 0.2) is 0 Å². The van der Waals surface area contributed by atoms with Crippen LogP contribution < -0.4 is 5.73 Å². The molecule has 0 spiro atoms. The third-order valence-electron chi connectivity index (χ3n) is 3.59. The molecule has 1 saturated carbocycles. The molecule has 0 amide bonds. The zero-order valence-corrected chi connectivity index (χ0v) is 8.95. The normalized spacial score (nSPS) is 34.1. The molecule has 2 aliphatic rings. The second kappa shape index (κ2) is 5.10. The number of hydrogen-bond donors (Lipinski definition) is 1. The molecule has 2 N–H and O–H groups in total. The zero-order valence-electron chi connectivity index (χ0n) is 8.95. The Morgan fingerprint density at radius 3 is 3.14 bits per heavy atom. The summed E-state index contributed by atoms with van der Waals surface area (Å²) in [4.78, 5) is 2.61. The van der Waals surface area contributed by atoms with Crippen molar-refractivity contribution < 1.29 is 4.74 Å². The summed E-state index contributed by atoms with van der Waals surface area (Å²) >= 11 is 0. The van der Waals surface area contributed by atoms with Gasteiger partial charge in [0.25, 0.3) is 0 Å². The van der Waals surface area contributed by atoms with Crippen LogP contribution in [0.1, 0.15) is 25.7 Å². The Balaban J connectivity index is 1.91. The van der Waals surface area contributed by atoms with E-state index in [1.807, 2.05) is 0 Å². The smallest absolute Gasteiger partial charge is 0.0593 e. The Bertz CT molecular complexity index is 175. The van der Waals surface area contributed by atoms with E-state index in [2.05, 4.69) is 4.90 Å². The standard InChI is InChI=1S/C11H22N2O/c12-5-2-6-13-7-8-14-9-10-3-1-4-11(10)13/h10-11H,1-9,12H2. The zero-order chi connectivity index (χ0) is 9.80. The van der Waals surface area contributed by atoms with Gasteiger partial charge in [0, 0.05) is 12.6 Å². The van der Waals surface area contributed by atoms with Crippen LogP contribution in [0.4, 0.5) is 0 Å². The van der Waals surface area contributed by atoms with Gasteiger partial charge < -0.3 is 10.5 Å². The SMILES string of the molecule is NCCCN1CCOCC2CCCC21. The van der Waals surface area contributed by atoms with Crippen LogP contribution in [0.15, 0.2) is 0 Å². The lowest BCUT2D eigenvalue weighted by Gasteiger charge is -2.29. The van der Waals surface area contributed by atoms with Crippen molar-refractivity contribution in [2.75, 3.05) is 32.8 Å². The predicted molar refractivity (Wildman–Crippen MR) is 57.2 cm³/mol. The molecule has 1 heterocycles. The van der Waals surface area contributed by atoms with E-state index in [4.69, 9.17) is 10.5 Å². The summed E-state index contributed by atoms with van der Waals surface area (Å²) < 4.78 is 5.65. The molecule has 2 rings (SSSR count). The van der Waals surface area contributed by atoms with Gasteiger partial charge >= 0.3 is 0 Å². The van der Waals surface area contributed by atoms with Crippen LogP contribution in [0.5, 0.6) is 0 Å². The van der Waals surface area contributed by atoms with Gasteiger partial charge in [-0.2, -0.15) is 0 Å². The van der Waals surface area contributed by atoms with Gasteiger partial charge in [-0.15, -0.1) is 0 Å². The highest BCUT2D eigenvalue weighted by Crippen LogP contribution is 2.31. The summed E-state index contributed by atoms with van der Waals surface area (Å²) in [5.74, 6) is 0.801. The monoisotopic (exact) mass is 198 g/mol. The van der Waals surface area contributed by atoms with Crippen LogP contribution in [0.25, 0.3) is 0 Å². The van der Waals surface area contributed by atoms with E-state index < -0.39 is 0 Å². The molecular formula is C11H22N2O. The summed E-state index contributed by atoms with van der Waals surface area (Å²) in [5, 5.41) is 0. The van der Waals surface area contributed by atoms with E-state index in [0.29, 0.717) is 0 Å². The van der Waals surface area contributed by atoms with E-state index in [1.54, 1.807) is 0 Å². The van der Waals surface area contributed by atoms with Crippen LogP contribution in [0, 0.1) is 5.92 Å². The molecule has 0 aromatic carbocycles. The minimum absolute atomic E-state index is 0.795. The molecular weight excluding hydrogens is 176 g/mol. The first kappa shape index (κ1) is 10.4. The fraction of sp³-hybridized carbons (Fsp3) is 1.00. The first-order chi connectivity index (χ1) is 6.92. The maximum atomic E-state index is 5.65. The average molecular weight is 198 g/mol. The number of hydrogen-bond acceptors (Lipinski definition) is 3. The van der Waals surface area contributed by atoms with Gasteiger partial charge in [0.1, 0.15) is 0 Å². The largest absolute Gasteiger partial charge is 0.380 e. The Hall–Kier alpha value is -0.120. The lowest BCUT2D eigenvalue weighted by Crippen LogP contribution is -2.39. The molecule has 0 radical (unpaired) electrons. The van der Waals surface area contributed by atoms with E-state index in [9.17, 15) is 0 Å². The average Bonchev–Trinajstić information content (AvgIpc) is 2.58. The Labute approximate surface area is 86.6 Å². The summed E-state index contributed by atoms with van der Waals surface area (Å²) in [5.41, 5.74) is 5.56. The fourth-order valence-corrected chi connectivity index (χ4v) is 2.85. The van der Waals surface area contributed by atoms with Gasteiger partial charge in [-0.3, -0.25) is 4.90 Å². The van der Waals surface area contributed by atoms with E-state index in [1.165, 1.54) is 25.8 Å². The summed E-state index contributed by atoms with van der Waals surface area (Å²) in [6.45, 7) is 5.00. The highest BCUT2D eigenvalue weighted by Gasteiger charge is 2.33. The van der Waals surface area contributed by atoms with E-state index in [-0.39, 0.29) is 0 Å². The quantitative estimate of drug-likeness (QED) is 0.730. The van der Waals surface area contributed by atoms with Crippen molar-refractivity contribution >= 4 is 0 Å². The summed E-state index contributed by atoms with van der Waals surface area (Å²) in [6.07, 6.45) is 5.25. The van der Waals surface area contributed by atoms with Gasteiger partial charge in [0.2, 0.25) is 0 Å². The second-order valence-corrected chi connectivity index (χ2v) is 4.51. The molecule has 2 unspecified atom stereocenters. The molecule has 2 fully saturated rings. The first-order valence-electron chi connectivity index (χ1n) is 5.93. The molecule has 0 aromatic rings. The first-order valence-corrected chi connectivity index (χ1v) is 5.93. The molecule has 82 valence electrons. The minimum Gasteiger partial charge on any atom is -0.380 e. The third-order valence-corrected chi connectivity index (χ3v) is 3.59. The van der Waals surface area contributed by atoms with Crippen LogP contribution in [-0.2, 0) is 4.74 Å². The van der Waals surface area contributed by atoms with Gasteiger partial charge in [-0.05, 0) is 38.3 Å². The van der Waals surface area contributed by atoms with Gasteiger partial charge in [0.05, 0.1) is 13.2 Å². The molecule has 1 saturated heterocycles. The predicted octanol–water partition coefficient (Wildman–Crippen LogP) is 0.836. The maximum absolute atomic E-state index is 5.65. The Morgan fingerprint density at radius 1 is 1.36 bits per heavy atom. The number of fused-ring (bicyclic) bond motifs is 1. The molecule has 1 aliphatic heterocycles. The van der Waals surface area contributed by atoms with Gasteiger partial charge in [-0.1, -0.05) is 6.42 Å². The lowest BCUT2D eigenvalue weighted by atomic mass is 10.0. The topological polar surface area (TPSA) is 38.5 Å². The van der Waals surface area contributed by atoms with Crippen molar-refractivity contribution in [2.45, 2.75) is 31.7 Å². The van der Waals surface area contributed by atoms with E-state index in [0.717, 1.165) is 44.7 Å². The Morgan fingerprint density at radius 2 is 2.29 bits per heavy atom. The van der Waals surface area contributed by atoms with Crippen molar-refractivity contribution in [2.24, 2.45) is 11.7 Å². The van der Waals surface area contributed by atoms with Crippen LogP contribution in [-0.4, -0.2) is 43.8 Å². The van der Waals surface area contributed by atoms with E-state index >= 15 is 0 Å². The minimum atomic E-state index is 0.795. The van der Waals surface area contributed by atoms with Crippen molar-refractivity contribution in [3.63, 3.8) is 0 Å². The highest BCUT2D eigenvalue weighted by atomic mass is 16.5. The second-order valence-electron chi connectivity index (χ2n) is 4.51. The molecule has 0 aromatic heterocycles. The molecule has 14 heavy (non-hydrogen) atoms. The van der Waals surface area contributed by atoms with Crippen LogP contribution >= 0.6 is 0 Å². The van der Waals surface area contributed by atoms with Crippen molar-refractivity contribution in [3.05, 3.63) is 0 Å². The van der Waals surface area contributed by atoms with Crippen LogP contribution in [0.3, 0.4) is 0 Å². The van der Waals surface area contributed by atoms with Crippen molar-refractivity contribution in [1.29, 1.82) is 0 Å². The highest BCUT2D eigenvalue weighted by molar-refractivity contribution is 4.86. The third kappa shape index (κ3) is 2.27. The number of nitrogens with zero attached hydrogens (tertiary/aromatic N) is 1. The van der Waals surface area contributed by atoms with Crippen molar-refractivity contribution in [3.8, 4) is 0 Å². The summed E-state index contributed by atoms with van der Waals surface area (Å²) in [7, 11) is 0. The molecule has 3 nitrogen and oxygen atoms in total. The van der Waals surface area contributed by atoms with Crippen LogP contribution in [0.2, 0.25) is 0 Å². The lowest BCUT2D eigenvalue weighted by molar-refractivity contribution is 0.120. The molecule has 2 atom stereocenters. The number of rotatable bonds is 3. The van der Waals surface area contributed by atoms with Crippen molar-refractivity contribution in [1.82, 2.24) is 4.90 Å². The fourth-order valence-electron chi connectivity index (χ4n) is 2.85. The number of nitrogens with two attached hydrogens (primary N) is 1. The maximum Gasteiger partial charge on any atom is 0.0593 e. The Kier molecular flexibility index (Phi) is 3.79. The number of ether oxygens (including phenoxy) is 1. The molecule has 3 heteroatoms.